The van der Waals surface area contributed by atoms with Crippen LogP contribution in [0, 0.1) is 0 Å². The fraction of sp³-hybridized carbons (Fsp3) is 0.167. The van der Waals surface area contributed by atoms with E-state index < -0.39 is 17.5 Å². The van der Waals surface area contributed by atoms with Crippen molar-refractivity contribution in [2.45, 2.75) is 18.3 Å². The Bertz CT molecular complexity index is 794. The second kappa shape index (κ2) is 4.53. The van der Waals surface area contributed by atoms with Crippen LogP contribution in [-0.4, -0.2) is 22.1 Å². The van der Waals surface area contributed by atoms with E-state index in [1.165, 1.54) is 0 Å². The Labute approximate surface area is 127 Å². The smallest absolute Gasteiger partial charge is 0.206 e. The van der Waals surface area contributed by atoms with E-state index in [2.05, 4.69) is 0 Å². The van der Waals surface area contributed by atoms with Gasteiger partial charge in [0, 0.05) is 0 Å². The second-order valence-electron chi connectivity index (χ2n) is 5.55. The lowest BCUT2D eigenvalue weighted by Gasteiger charge is -2.26. The van der Waals surface area contributed by atoms with Gasteiger partial charge in [-0.1, -0.05) is 54.6 Å². The van der Waals surface area contributed by atoms with Crippen molar-refractivity contribution in [3.63, 3.8) is 0 Å². The summed E-state index contributed by atoms with van der Waals surface area (Å²) in [6.07, 6.45) is -1.40. The molecule has 0 amide bonds. The number of ether oxygens (including phenoxy) is 1. The van der Waals surface area contributed by atoms with Gasteiger partial charge in [-0.25, -0.2) is 0 Å². The van der Waals surface area contributed by atoms with E-state index in [-0.39, 0.29) is 17.9 Å². The van der Waals surface area contributed by atoms with E-state index in [0.29, 0.717) is 5.56 Å². The molecule has 1 heterocycles. The van der Waals surface area contributed by atoms with Crippen LogP contribution in [0.15, 0.2) is 60.4 Å². The number of hydrogen-bond acceptors (Lipinski definition) is 4. The van der Waals surface area contributed by atoms with Gasteiger partial charge < -0.3 is 14.9 Å². The van der Waals surface area contributed by atoms with Gasteiger partial charge in [0.15, 0.2) is 11.7 Å². The van der Waals surface area contributed by atoms with E-state index in [9.17, 15) is 15.0 Å². The lowest BCUT2D eigenvalue weighted by atomic mass is 9.86. The van der Waals surface area contributed by atoms with Gasteiger partial charge in [-0.15, -0.1) is 0 Å². The largest absolute Gasteiger partial charge is 0.490 e. The minimum Gasteiger partial charge on any atom is -0.490 e. The summed E-state index contributed by atoms with van der Waals surface area (Å²) in [6, 6.07) is 15.9. The molecule has 1 aliphatic carbocycles. The first-order valence-corrected chi connectivity index (χ1v) is 7.10. The highest BCUT2D eigenvalue weighted by Gasteiger charge is 2.56. The summed E-state index contributed by atoms with van der Waals surface area (Å²) in [4.78, 5) is 12.9. The zero-order valence-corrected chi connectivity index (χ0v) is 11.7. The summed E-state index contributed by atoms with van der Waals surface area (Å²) in [5.74, 6) is -0.358. The molecule has 0 bridgehead atoms. The van der Waals surface area contributed by atoms with Crippen molar-refractivity contribution in [1.29, 1.82) is 0 Å². The van der Waals surface area contributed by atoms with Crippen LogP contribution < -0.4 is 0 Å². The summed E-state index contributed by atoms with van der Waals surface area (Å²) >= 11 is 0. The van der Waals surface area contributed by atoms with Gasteiger partial charge in [-0.2, -0.15) is 0 Å². The highest BCUT2D eigenvalue weighted by molar-refractivity contribution is 6.28. The normalized spacial score (nSPS) is 26.5. The zero-order chi connectivity index (χ0) is 15.3. The summed E-state index contributed by atoms with van der Waals surface area (Å²) < 4.78 is 5.58. The van der Waals surface area contributed by atoms with E-state index in [4.69, 9.17) is 4.74 Å². The lowest BCUT2D eigenvalue weighted by Crippen LogP contribution is -2.42. The molecule has 4 rings (SSSR count). The highest BCUT2D eigenvalue weighted by atomic mass is 16.5. The molecule has 0 saturated carbocycles. The predicted octanol–water partition coefficient (Wildman–Crippen LogP) is 1.76. The van der Waals surface area contributed by atoms with Crippen LogP contribution in [0.5, 0.6) is 0 Å². The molecule has 2 N–H and O–H groups in total. The molecule has 22 heavy (non-hydrogen) atoms. The van der Waals surface area contributed by atoms with Crippen LogP contribution in [0.1, 0.15) is 16.7 Å². The van der Waals surface area contributed by atoms with Crippen LogP contribution >= 0.6 is 0 Å². The van der Waals surface area contributed by atoms with Crippen molar-refractivity contribution in [3.05, 3.63) is 77.0 Å². The van der Waals surface area contributed by atoms with Crippen molar-refractivity contribution < 1.29 is 19.7 Å². The maximum absolute atomic E-state index is 12.9. The maximum atomic E-state index is 12.9. The Morgan fingerprint density at radius 3 is 2.50 bits per heavy atom. The molecule has 110 valence electrons. The highest BCUT2D eigenvalue weighted by Crippen LogP contribution is 2.47. The number of rotatable bonds is 1. The van der Waals surface area contributed by atoms with Crippen molar-refractivity contribution in [3.8, 4) is 0 Å². The zero-order valence-electron chi connectivity index (χ0n) is 11.7. The third kappa shape index (κ3) is 1.56. The Balaban J connectivity index is 1.90. The van der Waals surface area contributed by atoms with Crippen LogP contribution in [0.2, 0.25) is 0 Å². The SMILES string of the molecule is O=C1C2=C(OCc3ccccc32)[C@H](O)[C@]1(O)c1ccccc1. The van der Waals surface area contributed by atoms with Crippen LogP contribution in [0.4, 0.5) is 0 Å². The van der Waals surface area contributed by atoms with Gasteiger partial charge in [0.1, 0.15) is 12.4 Å². The van der Waals surface area contributed by atoms with Crippen molar-refractivity contribution in [2.75, 3.05) is 0 Å². The molecule has 0 fully saturated rings. The molecule has 0 saturated heterocycles. The molecule has 0 spiro atoms. The molecule has 2 aromatic rings. The average molecular weight is 294 g/mol. The Hall–Kier alpha value is -2.43. The molecule has 0 aromatic heterocycles. The summed E-state index contributed by atoms with van der Waals surface area (Å²) in [6.45, 7) is 0.282. The van der Waals surface area contributed by atoms with Gasteiger partial charge in [0.05, 0.1) is 5.57 Å². The Morgan fingerprint density at radius 1 is 1.05 bits per heavy atom. The number of fused-ring (bicyclic) bond motifs is 2. The first kappa shape index (κ1) is 13.2. The number of carbonyl (C=O) groups excluding carboxylic acids is 1. The number of benzene rings is 2. The standard InChI is InChI=1S/C18H14O4/c19-16-14-13-9-5-4-6-11(13)10-22-15(14)17(20)18(16,21)12-7-2-1-3-8-12/h1-9,17,20-21H,10H2/t17-,18-/m0/s1. The summed E-state index contributed by atoms with van der Waals surface area (Å²) in [7, 11) is 0. The van der Waals surface area contributed by atoms with Crippen LogP contribution in [0.3, 0.4) is 0 Å². The fourth-order valence-electron chi connectivity index (χ4n) is 3.19. The Morgan fingerprint density at radius 2 is 1.73 bits per heavy atom. The quantitative estimate of drug-likeness (QED) is 0.841. The number of aliphatic hydroxyl groups is 2. The van der Waals surface area contributed by atoms with Crippen molar-refractivity contribution in [2.24, 2.45) is 0 Å². The van der Waals surface area contributed by atoms with Crippen LogP contribution in [0.25, 0.3) is 5.57 Å². The maximum Gasteiger partial charge on any atom is 0.206 e. The van der Waals surface area contributed by atoms with Crippen LogP contribution in [-0.2, 0) is 21.7 Å². The van der Waals surface area contributed by atoms with E-state index in [1.54, 1.807) is 30.3 Å². The fourth-order valence-corrected chi connectivity index (χ4v) is 3.19. The molecule has 0 unspecified atom stereocenters. The monoisotopic (exact) mass is 294 g/mol. The number of ketones is 1. The van der Waals surface area contributed by atoms with Gasteiger partial charge in [-0.05, 0) is 16.7 Å². The van der Waals surface area contributed by atoms with Gasteiger partial charge in [-0.3, -0.25) is 4.79 Å². The van der Waals surface area contributed by atoms with Crippen molar-refractivity contribution in [1.82, 2.24) is 0 Å². The van der Waals surface area contributed by atoms with E-state index >= 15 is 0 Å². The molecule has 2 atom stereocenters. The molecule has 2 aromatic carbocycles. The minimum atomic E-state index is -2.00. The third-order valence-corrected chi connectivity index (χ3v) is 4.35. The molecule has 1 aliphatic heterocycles. The molecular weight excluding hydrogens is 280 g/mol. The average Bonchev–Trinajstić information content (AvgIpc) is 2.78. The third-order valence-electron chi connectivity index (χ3n) is 4.35. The van der Waals surface area contributed by atoms with E-state index in [1.807, 2.05) is 24.3 Å². The summed E-state index contributed by atoms with van der Waals surface area (Å²) in [5, 5.41) is 21.5. The van der Waals surface area contributed by atoms with Crippen molar-refractivity contribution >= 4 is 11.4 Å². The van der Waals surface area contributed by atoms with Gasteiger partial charge in [0.25, 0.3) is 0 Å². The van der Waals surface area contributed by atoms with Gasteiger partial charge >= 0.3 is 0 Å². The molecule has 2 aliphatic rings. The van der Waals surface area contributed by atoms with Gasteiger partial charge in [0.2, 0.25) is 5.78 Å². The number of Topliss-reactive ketones (excluding diaryl/α,β-unsaturated/α-hetero) is 1. The number of aliphatic hydroxyl groups excluding tert-OH is 1. The van der Waals surface area contributed by atoms with E-state index in [0.717, 1.165) is 11.1 Å². The molecular formula is C18H14O4. The lowest BCUT2D eigenvalue weighted by molar-refractivity contribution is -0.141. The summed E-state index contributed by atoms with van der Waals surface area (Å²) in [5.41, 5.74) is 0.242. The first-order chi connectivity index (χ1) is 10.6. The first-order valence-electron chi connectivity index (χ1n) is 7.10. The topological polar surface area (TPSA) is 66.8 Å². The number of hydrogen-bond donors (Lipinski definition) is 2. The predicted molar refractivity (Wildman–Crippen MR) is 79.5 cm³/mol. The number of carbonyl (C=O) groups is 1. The molecule has 0 radical (unpaired) electrons. The minimum absolute atomic E-state index is 0.162. The molecule has 4 heteroatoms. The Kier molecular flexibility index (Phi) is 2.73. The second-order valence-corrected chi connectivity index (χ2v) is 5.55. The molecule has 4 nitrogen and oxygen atoms in total.